The van der Waals surface area contributed by atoms with Crippen LogP contribution in [-0.4, -0.2) is 65.7 Å². The molecule has 2 aromatic carbocycles. The van der Waals surface area contributed by atoms with E-state index < -0.39 is 29.1 Å². The Kier molecular flexibility index (Phi) is 6.39. The molecule has 4 aromatic rings. The Morgan fingerprint density at radius 3 is 2.33 bits per heavy atom. The number of carbonyl (C=O) groups is 1. The van der Waals surface area contributed by atoms with Crippen LogP contribution in [0.15, 0.2) is 54.9 Å². The summed E-state index contributed by atoms with van der Waals surface area (Å²) in [5, 5.41) is 30.3. The molecular formula is C25H20F2N4O4S. The van der Waals surface area contributed by atoms with Crippen molar-refractivity contribution in [3.05, 3.63) is 77.8 Å². The normalized spacial score (nSPS) is 14.8. The fraction of sp³-hybridized carbons (Fsp3) is 0.200. The van der Waals surface area contributed by atoms with Gasteiger partial charge in [0.05, 0.1) is 28.5 Å². The zero-order valence-corrected chi connectivity index (χ0v) is 19.5. The van der Waals surface area contributed by atoms with E-state index in [4.69, 9.17) is 5.11 Å². The van der Waals surface area contributed by atoms with Crippen LogP contribution in [0.3, 0.4) is 0 Å². The molecule has 0 aliphatic carbocycles. The monoisotopic (exact) mass is 510 g/mol. The average molecular weight is 511 g/mol. The maximum absolute atomic E-state index is 15.2. The summed E-state index contributed by atoms with van der Waals surface area (Å²) in [6.45, 7) is 0.560. The van der Waals surface area contributed by atoms with Crippen LogP contribution in [0.2, 0.25) is 0 Å². The van der Waals surface area contributed by atoms with Gasteiger partial charge in [0.1, 0.15) is 17.3 Å². The highest BCUT2D eigenvalue weighted by molar-refractivity contribution is 7.99. The number of hydrogen-bond acceptors (Lipinski definition) is 8. The standard InChI is InChI=1S/C25H20F2N4O4S/c26-17-10-15(11-18(27)22(17)25(34,35)31-6-8-36-9-7-31)16-2-1-3-19-23(16)30-21(13-29-19)14-4-5-20(24(32)33)28-12-14/h1-5,10-13,34-35H,6-9H2,(H,32,33). The van der Waals surface area contributed by atoms with Gasteiger partial charge >= 0.3 is 5.97 Å². The maximum atomic E-state index is 15.2. The van der Waals surface area contributed by atoms with Crippen molar-refractivity contribution >= 4 is 28.8 Å². The SMILES string of the molecule is O=C(O)c1ccc(-c2cnc3cccc(-c4cc(F)c(C(O)(O)N5CCSCC5)c(F)c4)c3n2)cn1. The van der Waals surface area contributed by atoms with Gasteiger partial charge in [-0.3, -0.25) is 4.98 Å². The molecule has 0 radical (unpaired) electrons. The smallest absolute Gasteiger partial charge is 0.354 e. The number of pyridine rings is 1. The van der Waals surface area contributed by atoms with Crippen LogP contribution in [0.1, 0.15) is 16.1 Å². The summed E-state index contributed by atoms with van der Waals surface area (Å²) in [5.41, 5.74) is 1.33. The van der Waals surface area contributed by atoms with Crippen molar-refractivity contribution in [2.45, 2.75) is 5.91 Å². The minimum Gasteiger partial charge on any atom is -0.477 e. The predicted molar refractivity (Wildman–Crippen MR) is 130 cm³/mol. The second-order valence-corrected chi connectivity index (χ2v) is 9.44. The molecule has 3 N–H and O–H groups in total. The number of aromatic carboxylic acids is 1. The van der Waals surface area contributed by atoms with Gasteiger partial charge in [-0.05, 0) is 35.9 Å². The number of hydrogen-bond donors (Lipinski definition) is 3. The first-order valence-electron chi connectivity index (χ1n) is 11.0. The van der Waals surface area contributed by atoms with E-state index in [1.54, 1.807) is 36.0 Å². The highest BCUT2D eigenvalue weighted by Gasteiger charge is 2.40. The van der Waals surface area contributed by atoms with E-state index in [1.165, 1.54) is 23.4 Å². The van der Waals surface area contributed by atoms with Crippen molar-refractivity contribution in [1.82, 2.24) is 19.9 Å². The summed E-state index contributed by atoms with van der Waals surface area (Å²) >= 11 is 1.63. The van der Waals surface area contributed by atoms with Crippen LogP contribution < -0.4 is 0 Å². The van der Waals surface area contributed by atoms with E-state index in [2.05, 4.69) is 15.0 Å². The summed E-state index contributed by atoms with van der Waals surface area (Å²) in [4.78, 5) is 25.2. The molecule has 0 saturated carbocycles. The lowest BCUT2D eigenvalue weighted by atomic mass is 9.99. The molecule has 3 heterocycles. The second kappa shape index (κ2) is 9.51. The number of aromatic nitrogens is 3. The van der Waals surface area contributed by atoms with Gasteiger partial charge < -0.3 is 15.3 Å². The van der Waals surface area contributed by atoms with Gasteiger partial charge in [-0.2, -0.15) is 11.8 Å². The molecule has 0 spiro atoms. The predicted octanol–water partition coefficient (Wildman–Crippen LogP) is 3.48. The number of benzene rings is 2. The quantitative estimate of drug-likeness (QED) is 0.347. The van der Waals surface area contributed by atoms with Crippen LogP contribution in [-0.2, 0) is 5.91 Å². The highest BCUT2D eigenvalue weighted by Crippen LogP contribution is 2.35. The van der Waals surface area contributed by atoms with Crippen molar-refractivity contribution in [3.8, 4) is 22.4 Å². The summed E-state index contributed by atoms with van der Waals surface area (Å²) in [5.74, 6) is -4.89. The molecule has 1 saturated heterocycles. The fourth-order valence-corrected chi connectivity index (χ4v) is 5.06. The van der Waals surface area contributed by atoms with Crippen molar-refractivity contribution in [2.24, 2.45) is 0 Å². The Morgan fingerprint density at radius 1 is 0.972 bits per heavy atom. The molecule has 2 aromatic heterocycles. The number of carboxylic acid groups (broad SMARTS) is 1. The van der Waals surface area contributed by atoms with Gasteiger partial charge in [0.2, 0.25) is 0 Å². The summed E-state index contributed by atoms with van der Waals surface area (Å²) in [6.07, 6.45) is 2.86. The molecule has 184 valence electrons. The second-order valence-electron chi connectivity index (χ2n) is 8.22. The van der Waals surface area contributed by atoms with E-state index in [0.717, 1.165) is 12.1 Å². The van der Waals surface area contributed by atoms with Crippen LogP contribution in [0.4, 0.5) is 8.78 Å². The molecule has 36 heavy (non-hydrogen) atoms. The number of nitrogens with zero attached hydrogens (tertiary/aromatic N) is 4. The van der Waals surface area contributed by atoms with Crippen LogP contribution in [0.5, 0.6) is 0 Å². The molecule has 0 atom stereocenters. The van der Waals surface area contributed by atoms with Gasteiger partial charge in [0.15, 0.2) is 0 Å². The number of halogens is 2. The van der Waals surface area contributed by atoms with Crippen LogP contribution in [0.25, 0.3) is 33.4 Å². The van der Waals surface area contributed by atoms with Crippen molar-refractivity contribution in [2.75, 3.05) is 24.6 Å². The van der Waals surface area contributed by atoms with Gasteiger partial charge in [0, 0.05) is 41.9 Å². The zero-order chi connectivity index (χ0) is 25.4. The Hall–Kier alpha value is -3.51. The number of carboxylic acids is 1. The molecule has 5 rings (SSSR count). The number of aliphatic hydroxyl groups is 2. The Balaban J connectivity index is 1.57. The Bertz CT molecular complexity index is 1440. The van der Waals surface area contributed by atoms with Gasteiger partial charge in [-0.15, -0.1) is 0 Å². The lowest BCUT2D eigenvalue weighted by molar-refractivity contribution is -0.276. The molecule has 0 unspecified atom stereocenters. The lowest BCUT2D eigenvalue weighted by Gasteiger charge is -2.37. The first-order chi connectivity index (χ1) is 17.3. The zero-order valence-electron chi connectivity index (χ0n) is 18.7. The summed E-state index contributed by atoms with van der Waals surface area (Å²) in [7, 11) is 0. The fourth-order valence-electron chi connectivity index (χ4n) is 4.16. The summed E-state index contributed by atoms with van der Waals surface area (Å²) < 4.78 is 30.4. The van der Waals surface area contributed by atoms with Crippen molar-refractivity contribution in [1.29, 1.82) is 0 Å². The number of thioether (sulfide) groups is 1. The highest BCUT2D eigenvalue weighted by atomic mass is 32.2. The van der Waals surface area contributed by atoms with Crippen LogP contribution in [0, 0.1) is 11.6 Å². The molecule has 1 aliphatic rings. The average Bonchev–Trinajstić information content (AvgIpc) is 2.88. The number of rotatable bonds is 5. The third-order valence-corrected chi connectivity index (χ3v) is 6.93. The van der Waals surface area contributed by atoms with E-state index in [-0.39, 0.29) is 24.3 Å². The van der Waals surface area contributed by atoms with E-state index in [1.807, 2.05) is 0 Å². The maximum Gasteiger partial charge on any atom is 0.354 e. The Labute approximate surface area is 208 Å². The molecule has 8 nitrogen and oxygen atoms in total. The van der Waals surface area contributed by atoms with Crippen molar-refractivity contribution < 1.29 is 28.9 Å². The first kappa shape index (κ1) is 24.2. The minimum absolute atomic E-state index is 0.119. The van der Waals surface area contributed by atoms with Crippen LogP contribution >= 0.6 is 11.8 Å². The van der Waals surface area contributed by atoms with E-state index >= 15 is 8.78 Å². The molecule has 1 aliphatic heterocycles. The Morgan fingerprint density at radius 2 is 1.69 bits per heavy atom. The largest absolute Gasteiger partial charge is 0.477 e. The van der Waals surface area contributed by atoms with Gasteiger partial charge in [-0.1, -0.05) is 12.1 Å². The topological polar surface area (TPSA) is 120 Å². The molecule has 11 heteroatoms. The van der Waals surface area contributed by atoms with E-state index in [9.17, 15) is 15.0 Å². The molecule has 0 amide bonds. The molecular weight excluding hydrogens is 490 g/mol. The van der Waals surface area contributed by atoms with Gasteiger partial charge in [-0.25, -0.2) is 28.4 Å². The third kappa shape index (κ3) is 4.42. The third-order valence-electron chi connectivity index (χ3n) is 5.99. The lowest BCUT2D eigenvalue weighted by Crippen LogP contribution is -2.50. The van der Waals surface area contributed by atoms with Gasteiger partial charge in [0.25, 0.3) is 5.91 Å². The molecule has 0 bridgehead atoms. The van der Waals surface area contributed by atoms with Crippen molar-refractivity contribution in [3.63, 3.8) is 0 Å². The summed E-state index contributed by atoms with van der Waals surface area (Å²) in [6, 6.07) is 9.99. The number of para-hydroxylation sites is 1. The number of fused-ring (bicyclic) bond motifs is 1. The minimum atomic E-state index is -2.78. The van der Waals surface area contributed by atoms with E-state index in [0.29, 0.717) is 39.4 Å². The first-order valence-corrected chi connectivity index (χ1v) is 12.1. The molecule has 1 fully saturated rings.